The van der Waals surface area contributed by atoms with E-state index in [4.69, 9.17) is 15.2 Å². The summed E-state index contributed by atoms with van der Waals surface area (Å²) in [6.07, 6.45) is 5.76. The quantitative estimate of drug-likeness (QED) is 0.842. The van der Waals surface area contributed by atoms with Crippen molar-refractivity contribution in [1.29, 1.82) is 0 Å². The summed E-state index contributed by atoms with van der Waals surface area (Å²) in [6.45, 7) is 2.32. The highest BCUT2D eigenvalue weighted by Gasteiger charge is 2.42. The Morgan fingerprint density at radius 1 is 1.37 bits per heavy atom. The average Bonchev–Trinajstić information content (AvgIpc) is 2.38. The number of hydrogen-bond donors (Lipinski definition) is 1. The Kier molecular flexibility index (Phi) is 3.17. The summed E-state index contributed by atoms with van der Waals surface area (Å²) in [5.41, 5.74) is 7.44. The molecule has 2 unspecified atom stereocenters. The molecule has 3 rings (SSSR count). The van der Waals surface area contributed by atoms with E-state index in [-0.39, 0.29) is 11.6 Å². The van der Waals surface area contributed by atoms with Gasteiger partial charge in [0.15, 0.2) is 0 Å². The smallest absolute Gasteiger partial charge is 0.125 e. The Hall–Kier alpha value is -1.22. The first-order valence-corrected chi connectivity index (χ1v) is 7.24. The Morgan fingerprint density at radius 2 is 2.21 bits per heavy atom. The fraction of sp³-hybridized carbons (Fsp3) is 0.625. The van der Waals surface area contributed by atoms with Crippen LogP contribution in [0.1, 0.15) is 50.6 Å². The summed E-state index contributed by atoms with van der Waals surface area (Å²) >= 11 is 0. The molecule has 1 aromatic carbocycles. The third-order valence-corrected chi connectivity index (χ3v) is 4.58. The molecule has 0 radical (unpaired) electrons. The molecule has 104 valence electrons. The molecule has 1 aromatic rings. The molecule has 1 spiro atoms. The van der Waals surface area contributed by atoms with Gasteiger partial charge in [0.05, 0.1) is 7.11 Å². The summed E-state index contributed by atoms with van der Waals surface area (Å²) in [7, 11) is 1.68. The number of ether oxygens (including phenoxy) is 2. The lowest BCUT2D eigenvalue weighted by Crippen LogP contribution is -2.46. The lowest BCUT2D eigenvalue weighted by molar-refractivity contribution is -0.0140. The van der Waals surface area contributed by atoms with Gasteiger partial charge in [-0.3, -0.25) is 0 Å². The van der Waals surface area contributed by atoms with E-state index in [1.165, 1.54) is 12.8 Å². The zero-order valence-electron chi connectivity index (χ0n) is 11.8. The van der Waals surface area contributed by atoms with E-state index >= 15 is 0 Å². The van der Waals surface area contributed by atoms with Crippen LogP contribution in [0.3, 0.4) is 0 Å². The van der Waals surface area contributed by atoms with Crippen LogP contribution in [0, 0.1) is 5.92 Å². The van der Waals surface area contributed by atoms with Crippen molar-refractivity contribution in [3.63, 3.8) is 0 Å². The second kappa shape index (κ2) is 4.71. The van der Waals surface area contributed by atoms with Gasteiger partial charge in [0.2, 0.25) is 0 Å². The van der Waals surface area contributed by atoms with E-state index < -0.39 is 0 Å². The molecule has 2 N–H and O–H groups in total. The van der Waals surface area contributed by atoms with Crippen LogP contribution in [0.5, 0.6) is 11.5 Å². The standard InChI is InChI=1S/C16H23NO2/c1-11-4-3-7-16(9-11)10-14(17)13-8-12(18-2)5-6-15(13)19-16/h5-6,8,11,14H,3-4,7,9-10,17H2,1-2H3/t11?,14-,16?/m0/s1. The summed E-state index contributed by atoms with van der Waals surface area (Å²) < 4.78 is 11.6. The molecule has 1 saturated carbocycles. The number of fused-ring (bicyclic) bond motifs is 1. The van der Waals surface area contributed by atoms with Gasteiger partial charge < -0.3 is 15.2 Å². The molecular formula is C16H23NO2. The minimum atomic E-state index is -0.0291. The summed E-state index contributed by atoms with van der Waals surface area (Å²) in [6, 6.07) is 6.04. The topological polar surface area (TPSA) is 44.5 Å². The van der Waals surface area contributed by atoms with Crippen LogP contribution in [-0.2, 0) is 0 Å². The Labute approximate surface area is 115 Å². The maximum absolute atomic E-state index is 6.39. The third-order valence-electron chi connectivity index (χ3n) is 4.58. The van der Waals surface area contributed by atoms with Crippen LogP contribution < -0.4 is 15.2 Å². The van der Waals surface area contributed by atoms with Gasteiger partial charge in [-0.2, -0.15) is 0 Å². The summed E-state index contributed by atoms with van der Waals surface area (Å²) in [5.74, 6) is 2.54. The SMILES string of the molecule is COc1ccc2c(c1)[C@@H](N)CC1(CCCC(C)C1)O2. The number of benzene rings is 1. The van der Waals surface area contributed by atoms with Gasteiger partial charge in [0.25, 0.3) is 0 Å². The minimum Gasteiger partial charge on any atom is -0.497 e. The van der Waals surface area contributed by atoms with Gasteiger partial charge in [0.1, 0.15) is 17.1 Å². The molecule has 19 heavy (non-hydrogen) atoms. The number of nitrogens with two attached hydrogens (primary N) is 1. The van der Waals surface area contributed by atoms with Crippen LogP contribution >= 0.6 is 0 Å². The fourth-order valence-corrected chi connectivity index (χ4v) is 3.71. The zero-order chi connectivity index (χ0) is 13.5. The first-order chi connectivity index (χ1) is 9.12. The van der Waals surface area contributed by atoms with Crippen LogP contribution in [0.25, 0.3) is 0 Å². The van der Waals surface area contributed by atoms with Gasteiger partial charge in [-0.05, 0) is 43.4 Å². The van der Waals surface area contributed by atoms with E-state index in [1.807, 2.05) is 18.2 Å². The highest BCUT2D eigenvalue weighted by atomic mass is 16.5. The molecule has 0 bridgehead atoms. The molecule has 3 atom stereocenters. The van der Waals surface area contributed by atoms with Crippen molar-refractivity contribution in [3.8, 4) is 11.5 Å². The second-order valence-electron chi connectivity index (χ2n) is 6.20. The van der Waals surface area contributed by atoms with E-state index in [0.29, 0.717) is 0 Å². The van der Waals surface area contributed by atoms with Crippen LogP contribution in [0.4, 0.5) is 0 Å². The van der Waals surface area contributed by atoms with Crippen molar-refractivity contribution in [3.05, 3.63) is 23.8 Å². The van der Waals surface area contributed by atoms with Crippen LogP contribution in [0.2, 0.25) is 0 Å². The number of methoxy groups -OCH3 is 1. The minimum absolute atomic E-state index is 0.0291. The van der Waals surface area contributed by atoms with E-state index in [0.717, 1.165) is 42.2 Å². The molecule has 0 saturated heterocycles. The molecular weight excluding hydrogens is 238 g/mol. The molecule has 3 nitrogen and oxygen atoms in total. The van der Waals surface area contributed by atoms with Gasteiger partial charge in [-0.25, -0.2) is 0 Å². The van der Waals surface area contributed by atoms with Crippen molar-refractivity contribution < 1.29 is 9.47 Å². The predicted molar refractivity (Wildman–Crippen MR) is 75.5 cm³/mol. The van der Waals surface area contributed by atoms with Crippen LogP contribution in [0.15, 0.2) is 18.2 Å². The van der Waals surface area contributed by atoms with Crippen molar-refractivity contribution in [2.75, 3.05) is 7.11 Å². The van der Waals surface area contributed by atoms with Crippen molar-refractivity contribution in [1.82, 2.24) is 0 Å². The second-order valence-corrected chi connectivity index (χ2v) is 6.20. The van der Waals surface area contributed by atoms with Gasteiger partial charge in [-0.15, -0.1) is 0 Å². The summed E-state index contributed by atoms with van der Waals surface area (Å²) in [4.78, 5) is 0. The Bertz CT molecular complexity index is 474. The fourth-order valence-electron chi connectivity index (χ4n) is 3.71. The number of hydrogen-bond acceptors (Lipinski definition) is 3. The molecule has 3 heteroatoms. The highest BCUT2D eigenvalue weighted by molar-refractivity contribution is 5.44. The molecule has 0 amide bonds. The maximum atomic E-state index is 6.39. The van der Waals surface area contributed by atoms with Crippen molar-refractivity contribution in [2.45, 2.75) is 50.7 Å². The first-order valence-electron chi connectivity index (χ1n) is 7.24. The molecule has 1 fully saturated rings. The molecule has 1 aliphatic heterocycles. The molecule has 1 aliphatic carbocycles. The monoisotopic (exact) mass is 261 g/mol. The van der Waals surface area contributed by atoms with Gasteiger partial charge in [0, 0.05) is 18.0 Å². The van der Waals surface area contributed by atoms with E-state index in [2.05, 4.69) is 6.92 Å². The van der Waals surface area contributed by atoms with Gasteiger partial charge in [-0.1, -0.05) is 13.3 Å². The van der Waals surface area contributed by atoms with Crippen molar-refractivity contribution >= 4 is 0 Å². The Morgan fingerprint density at radius 3 is 2.95 bits per heavy atom. The van der Waals surface area contributed by atoms with Crippen molar-refractivity contribution in [2.24, 2.45) is 11.7 Å². The Balaban J connectivity index is 1.91. The number of rotatable bonds is 1. The van der Waals surface area contributed by atoms with E-state index in [9.17, 15) is 0 Å². The molecule has 2 aliphatic rings. The molecule has 1 heterocycles. The first kappa shape index (κ1) is 12.8. The maximum Gasteiger partial charge on any atom is 0.125 e. The third kappa shape index (κ3) is 2.32. The lowest BCUT2D eigenvalue weighted by Gasteiger charge is -2.45. The zero-order valence-corrected chi connectivity index (χ0v) is 11.8. The average molecular weight is 261 g/mol. The van der Waals surface area contributed by atoms with Gasteiger partial charge >= 0.3 is 0 Å². The van der Waals surface area contributed by atoms with E-state index in [1.54, 1.807) is 7.11 Å². The summed E-state index contributed by atoms with van der Waals surface area (Å²) in [5, 5.41) is 0. The largest absolute Gasteiger partial charge is 0.497 e. The molecule has 0 aromatic heterocycles. The van der Waals surface area contributed by atoms with Crippen LogP contribution in [-0.4, -0.2) is 12.7 Å². The lowest BCUT2D eigenvalue weighted by atomic mass is 9.73. The normalized spacial score (nSPS) is 33.6. The highest BCUT2D eigenvalue weighted by Crippen LogP contribution is 2.47. The predicted octanol–water partition coefficient (Wildman–Crippen LogP) is 3.43.